The van der Waals surface area contributed by atoms with Crippen LogP contribution in [-0.4, -0.2) is 62.8 Å². The Morgan fingerprint density at radius 2 is 1.90 bits per heavy atom. The van der Waals surface area contributed by atoms with Gasteiger partial charge >= 0.3 is 0 Å². The summed E-state index contributed by atoms with van der Waals surface area (Å²) in [5.74, 6) is 0.877. The lowest BCUT2D eigenvalue weighted by atomic mass is 10.3. The molecule has 0 aromatic carbocycles. The molecule has 0 amide bonds. The van der Waals surface area contributed by atoms with Crippen LogP contribution in [0.5, 0.6) is 0 Å². The van der Waals surface area contributed by atoms with Crippen molar-refractivity contribution < 1.29 is 4.74 Å². The van der Waals surface area contributed by atoms with Crippen molar-refractivity contribution in [3.05, 3.63) is 0 Å². The van der Waals surface area contributed by atoms with Gasteiger partial charge in [-0.25, -0.2) is 0 Å². The monoisotopic (exact) mass is 400 g/mol. The maximum Gasteiger partial charge on any atom is 0.191 e. The van der Waals surface area contributed by atoms with Crippen molar-refractivity contribution in [3.8, 4) is 0 Å². The van der Waals surface area contributed by atoms with E-state index in [1.165, 1.54) is 0 Å². The first-order chi connectivity index (χ1) is 9.15. The summed E-state index contributed by atoms with van der Waals surface area (Å²) < 4.78 is 5.30. The van der Waals surface area contributed by atoms with Crippen molar-refractivity contribution in [2.45, 2.75) is 40.7 Å². The van der Waals surface area contributed by atoms with Crippen molar-refractivity contribution in [1.29, 1.82) is 0 Å². The minimum Gasteiger partial charge on any atom is -0.380 e. The maximum atomic E-state index is 5.30. The normalized spacial score (nSPS) is 11.7. The van der Waals surface area contributed by atoms with Crippen molar-refractivity contribution in [2.24, 2.45) is 4.99 Å². The zero-order valence-electron chi connectivity index (χ0n) is 13.7. The fourth-order valence-corrected chi connectivity index (χ4v) is 1.80. The number of likely N-dealkylation sites (N-methyl/N-ethyl adjacent to an activating group) is 1. The van der Waals surface area contributed by atoms with E-state index in [1.54, 1.807) is 0 Å². The number of ether oxygens (including phenoxy) is 1. The van der Waals surface area contributed by atoms with Gasteiger partial charge in [0.25, 0.3) is 0 Å². The topological polar surface area (TPSA) is 48.9 Å². The molecule has 0 fully saturated rings. The maximum absolute atomic E-state index is 5.30. The Kier molecular flexibility index (Phi) is 17.0. The van der Waals surface area contributed by atoms with Gasteiger partial charge in [0.05, 0.1) is 13.2 Å². The standard InChI is InChI=1S/C14H32N4O.HI/c1-6-15-14(17-10-12-19-8-3)16-9-11-18(7-2)13(4)5;/h13H,6-12H2,1-5H3,(H2,15,16,17);1H. The van der Waals surface area contributed by atoms with E-state index >= 15 is 0 Å². The Morgan fingerprint density at radius 3 is 2.40 bits per heavy atom. The zero-order valence-corrected chi connectivity index (χ0v) is 16.1. The predicted molar refractivity (Wildman–Crippen MR) is 98.3 cm³/mol. The van der Waals surface area contributed by atoms with E-state index in [2.05, 4.69) is 48.2 Å². The van der Waals surface area contributed by atoms with Crippen LogP contribution in [-0.2, 0) is 4.74 Å². The van der Waals surface area contributed by atoms with Crippen LogP contribution < -0.4 is 10.6 Å². The highest BCUT2D eigenvalue weighted by Gasteiger charge is 2.05. The van der Waals surface area contributed by atoms with Crippen molar-refractivity contribution >= 4 is 29.9 Å². The van der Waals surface area contributed by atoms with Gasteiger partial charge in [-0.15, -0.1) is 24.0 Å². The van der Waals surface area contributed by atoms with Gasteiger partial charge in [0.15, 0.2) is 5.96 Å². The minimum atomic E-state index is 0. The Labute approximate surface area is 141 Å². The largest absolute Gasteiger partial charge is 0.380 e. The summed E-state index contributed by atoms with van der Waals surface area (Å²) in [5, 5.41) is 6.52. The van der Waals surface area contributed by atoms with Crippen molar-refractivity contribution in [1.82, 2.24) is 15.5 Å². The van der Waals surface area contributed by atoms with Gasteiger partial charge in [0.2, 0.25) is 0 Å². The fraction of sp³-hybridized carbons (Fsp3) is 0.929. The lowest BCUT2D eigenvalue weighted by Gasteiger charge is -2.23. The van der Waals surface area contributed by atoms with E-state index in [4.69, 9.17) is 4.74 Å². The van der Waals surface area contributed by atoms with E-state index in [1.807, 2.05) is 6.92 Å². The van der Waals surface area contributed by atoms with Gasteiger partial charge in [-0.2, -0.15) is 0 Å². The molecule has 5 nitrogen and oxygen atoms in total. The average Bonchev–Trinajstić information content (AvgIpc) is 2.39. The van der Waals surface area contributed by atoms with Gasteiger partial charge in [0, 0.05) is 32.3 Å². The summed E-state index contributed by atoms with van der Waals surface area (Å²) in [5.41, 5.74) is 0. The number of hydrogen-bond acceptors (Lipinski definition) is 3. The van der Waals surface area contributed by atoms with E-state index in [0.29, 0.717) is 12.6 Å². The molecule has 0 atom stereocenters. The fourth-order valence-electron chi connectivity index (χ4n) is 1.80. The summed E-state index contributed by atoms with van der Waals surface area (Å²) in [6.07, 6.45) is 0. The number of nitrogens with one attached hydrogen (secondary N) is 2. The van der Waals surface area contributed by atoms with E-state index in [0.717, 1.165) is 45.3 Å². The van der Waals surface area contributed by atoms with Gasteiger partial charge in [-0.3, -0.25) is 9.89 Å². The third-order valence-electron chi connectivity index (χ3n) is 2.88. The molecule has 0 rings (SSSR count). The highest BCUT2D eigenvalue weighted by Crippen LogP contribution is 1.96. The molecule has 0 aliphatic rings. The molecule has 0 aromatic heterocycles. The number of aliphatic imine (C=N–C) groups is 1. The molecule has 0 unspecified atom stereocenters. The first kappa shape index (κ1) is 22.2. The predicted octanol–water partition coefficient (Wildman–Crippen LogP) is 1.93. The molecule has 0 aliphatic heterocycles. The Morgan fingerprint density at radius 1 is 1.20 bits per heavy atom. The molecule has 6 heteroatoms. The Bertz CT molecular complexity index is 237. The van der Waals surface area contributed by atoms with Crippen LogP contribution in [0.2, 0.25) is 0 Å². The van der Waals surface area contributed by atoms with Gasteiger partial charge < -0.3 is 15.4 Å². The summed E-state index contributed by atoms with van der Waals surface area (Å²) in [6, 6.07) is 0.577. The second kappa shape index (κ2) is 15.3. The van der Waals surface area contributed by atoms with Crippen molar-refractivity contribution in [2.75, 3.05) is 45.9 Å². The third kappa shape index (κ3) is 11.7. The molecule has 0 bridgehead atoms. The molecule has 0 aliphatic carbocycles. The van der Waals surface area contributed by atoms with Crippen LogP contribution in [0.15, 0.2) is 4.99 Å². The molecular formula is C14H33IN4O. The molecule has 0 heterocycles. The highest BCUT2D eigenvalue weighted by molar-refractivity contribution is 14.0. The number of guanidine groups is 1. The van der Waals surface area contributed by atoms with E-state index in [9.17, 15) is 0 Å². The second-order valence-electron chi connectivity index (χ2n) is 4.61. The summed E-state index contributed by atoms with van der Waals surface area (Å²) >= 11 is 0. The quantitative estimate of drug-likeness (QED) is 0.255. The molecular weight excluding hydrogens is 367 g/mol. The Hall–Kier alpha value is -0.0800. The van der Waals surface area contributed by atoms with Crippen LogP contribution in [0, 0.1) is 0 Å². The minimum absolute atomic E-state index is 0. The van der Waals surface area contributed by atoms with Crippen LogP contribution in [0.4, 0.5) is 0 Å². The van der Waals surface area contributed by atoms with Crippen LogP contribution in [0.1, 0.15) is 34.6 Å². The van der Waals surface area contributed by atoms with Crippen molar-refractivity contribution in [3.63, 3.8) is 0 Å². The molecule has 20 heavy (non-hydrogen) atoms. The van der Waals surface area contributed by atoms with Gasteiger partial charge in [0.1, 0.15) is 0 Å². The molecule has 0 spiro atoms. The van der Waals surface area contributed by atoms with Crippen LogP contribution >= 0.6 is 24.0 Å². The second-order valence-corrected chi connectivity index (χ2v) is 4.61. The summed E-state index contributed by atoms with van der Waals surface area (Å²) in [4.78, 5) is 6.99. The first-order valence-electron chi connectivity index (χ1n) is 7.49. The molecule has 0 saturated heterocycles. The lowest BCUT2D eigenvalue weighted by molar-refractivity contribution is 0.152. The zero-order chi connectivity index (χ0) is 14.5. The third-order valence-corrected chi connectivity index (χ3v) is 2.88. The molecule has 2 N–H and O–H groups in total. The van der Waals surface area contributed by atoms with E-state index in [-0.39, 0.29) is 24.0 Å². The average molecular weight is 400 g/mol. The van der Waals surface area contributed by atoms with Crippen LogP contribution in [0.3, 0.4) is 0 Å². The molecule has 0 saturated carbocycles. The number of halogens is 1. The SMILES string of the molecule is CCNC(=NCCN(CC)C(C)C)NCCOCC.I. The lowest BCUT2D eigenvalue weighted by Crippen LogP contribution is -2.40. The number of nitrogens with zero attached hydrogens (tertiary/aromatic N) is 2. The Balaban J connectivity index is 0. The number of hydrogen-bond donors (Lipinski definition) is 2. The summed E-state index contributed by atoms with van der Waals surface area (Å²) in [6.45, 7) is 16.7. The van der Waals surface area contributed by atoms with Crippen LogP contribution in [0.25, 0.3) is 0 Å². The van der Waals surface area contributed by atoms with Gasteiger partial charge in [-0.05, 0) is 34.2 Å². The molecule has 0 aromatic rings. The van der Waals surface area contributed by atoms with E-state index < -0.39 is 0 Å². The molecule has 122 valence electrons. The smallest absolute Gasteiger partial charge is 0.191 e. The number of rotatable bonds is 10. The highest BCUT2D eigenvalue weighted by atomic mass is 127. The van der Waals surface area contributed by atoms with Gasteiger partial charge in [-0.1, -0.05) is 6.92 Å². The molecule has 0 radical (unpaired) electrons. The summed E-state index contributed by atoms with van der Waals surface area (Å²) in [7, 11) is 0. The first-order valence-corrected chi connectivity index (χ1v) is 7.49.